The van der Waals surface area contributed by atoms with Crippen LogP contribution in [0.3, 0.4) is 0 Å². The van der Waals surface area contributed by atoms with Crippen LogP contribution < -0.4 is 5.32 Å². The smallest absolute Gasteiger partial charge is 0.333 e. The molecule has 0 saturated carbocycles. The molecule has 0 aromatic carbocycles. The standard InChI is InChI=1S/C16H19N5O3S/c1-11-9-25-15-18-12(8-21(11)15)7-13(22)19-16(2,14(23)24-3)10-20-6-4-5-17-20/h4-6,8-9H,7,10H2,1-3H3,(H,19,22). The molecule has 3 rings (SSSR count). The van der Waals surface area contributed by atoms with Crippen molar-refractivity contribution < 1.29 is 14.3 Å². The number of methoxy groups -OCH3 is 1. The molecule has 8 nitrogen and oxygen atoms in total. The lowest BCUT2D eigenvalue weighted by atomic mass is 10.0. The highest BCUT2D eigenvalue weighted by molar-refractivity contribution is 7.15. The zero-order valence-electron chi connectivity index (χ0n) is 14.2. The Labute approximate surface area is 148 Å². The number of nitrogens with one attached hydrogen (secondary N) is 1. The van der Waals surface area contributed by atoms with E-state index in [4.69, 9.17) is 4.74 Å². The Morgan fingerprint density at radius 3 is 2.88 bits per heavy atom. The number of carbonyl (C=O) groups excluding carboxylic acids is 2. The van der Waals surface area contributed by atoms with Crippen LogP contribution in [0.5, 0.6) is 0 Å². The summed E-state index contributed by atoms with van der Waals surface area (Å²) < 4.78 is 8.37. The number of hydrogen-bond acceptors (Lipinski definition) is 6. The molecule has 3 heterocycles. The Morgan fingerprint density at radius 1 is 1.44 bits per heavy atom. The van der Waals surface area contributed by atoms with E-state index in [0.717, 1.165) is 10.7 Å². The molecule has 1 amide bonds. The fourth-order valence-corrected chi connectivity index (χ4v) is 3.51. The van der Waals surface area contributed by atoms with Gasteiger partial charge in [0.05, 0.1) is 25.8 Å². The SMILES string of the molecule is COC(=O)C(C)(Cn1cccn1)NC(=O)Cc1cn2c(C)csc2n1. The van der Waals surface area contributed by atoms with E-state index in [1.54, 1.807) is 30.1 Å². The molecular weight excluding hydrogens is 342 g/mol. The van der Waals surface area contributed by atoms with Gasteiger partial charge in [-0.25, -0.2) is 9.78 Å². The van der Waals surface area contributed by atoms with E-state index in [1.807, 2.05) is 22.9 Å². The van der Waals surface area contributed by atoms with Gasteiger partial charge in [-0.05, 0) is 19.9 Å². The Balaban J connectivity index is 1.74. The van der Waals surface area contributed by atoms with Gasteiger partial charge in [-0.1, -0.05) is 0 Å². The Kier molecular flexibility index (Phi) is 4.58. The monoisotopic (exact) mass is 361 g/mol. The lowest BCUT2D eigenvalue weighted by Crippen LogP contribution is -2.56. The molecule has 0 saturated heterocycles. The highest BCUT2D eigenvalue weighted by Gasteiger charge is 2.37. The van der Waals surface area contributed by atoms with Gasteiger partial charge in [-0.2, -0.15) is 5.10 Å². The number of hydrogen-bond donors (Lipinski definition) is 1. The van der Waals surface area contributed by atoms with E-state index in [0.29, 0.717) is 5.69 Å². The summed E-state index contributed by atoms with van der Waals surface area (Å²) in [5, 5.41) is 8.85. The van der Waals surface area contributed by atoms with Crippen molar-refractivity contribution in [2.45, 2.75) is 32.4 Å². The van der Waals surface area contributed by atoms with Crippen LogP contribution in [0.25, 0.3) is 4.96 Å². The second kappa shape index (κ2) is 6.67. The molecule has 25 heavy (non-hydrogen) atoms. The van der Waals surface area contributed by atoms with Crippen molar-refractivity contribution in [2.24, 2.45) is 0 Å². The van der Waals surface area contributed by atoms with Crippen molar-refractivity contribution in [3.8, 4) is 0 Å². The number of aryl methyl sites for hydroxylation is 1. The summed E-state index contributed by atoms with van der Waals surface area (Å²) >= 11 is 1.52. The van der Waals surface area contributed by atoms with Crippen molar-refractivity contribution in [2.75, 3.05) is 7.11 Å². The van der Waals surface area contributed by atoms with E-state index < -0.39 is 11.5 Å². The van der Waals surface area contributed by atoms with Gasteiger partial charge in [-0.3, -0.25) is 13.9 Å². The quantitative estimate of drug-likeness (QED) is 0.666. The summed E-state index contributed by atoms with van der Waals surface area (Å²) in [7, 11) is 1.29. The van der Waals surface area contributed by atoms with Gasteiger partial charge in [0.25, 0.3) is 0 Å². The summed E-state index contributed by atoms with van der Waals surface area (Å²) in [6, 6.07) is 1.75. The van der Waals surface area contributed by atoms with Crippen LogP contribution in [0, 0.1) is 6.92 Å². The summed E-state index contributed by atoms with van der Waals surface area (Å²) in [5.41, 5.74) is 0.501. The number of thiazole rings is 1. The summed E-state index contributed by atoms with van der Waals surface area (Å²) in [6.07, 6.45) is 5.25. The van der Waals surface area contributed by atoms with Crippen LogP contribution in [0.4, 0.5) is 0 Å². The minimum absolute atomic E-state index is 0.0829. The molecule has 1 N–H and O–H groups in total. The second-order valence-electron chi connectivity index (χ2n) is 6.01. The van der Waals surface area contributed by atoms with Gasteiger partial charge in [0.15, 0.2) is 10.5 Å². The number of imidazole rings is 1. The Morgan fingerprint density at radius 2 is 2.24 bits per heavy atom. The Hall–Kier alpha value is -2.68. The number of ether oxygens (including phenoxy) is 1. The second-order valence-corrected chi connectivity index (χ2v) is 6.85. The number of nitrogens with zero attached hydrogens (tertiary/aromatic N) is 4. The lowest BCUT2D eigenvalue weighted by molar-refractivity contribution is -0.151. The zero-order valence-corrected chi connectivity index (χ0v) is 15.0. The molecule has 0 radical (unpaired) electrons. The zero-order chi connectivity index (χ0) is 18.0. The van der Waals surface area contributed by atoms with Crippen molar-refractivity contribution in [3.63, 3.8) is 0 Å². The van der Waals surface area contributed by atoms with Crippen molar-refractivity contribution in [1.82, 2.24) is 24.5 Å². The first-order chi connectivity index (χ1) is 11.9. The third-order valence-electron chi connectivity index (χ3n) is 3.87. The number of amides is 1. The number of rotatable bonds is 6. The molecular formula is C16H19N5O3S. The van der Waals surface area contributed by atoms with Crippen LogP contribution in [0.2, 0.25) is 0 Å². The van der Waals surface area contributed by atoms with Crippen LogP contribution in [-0.4, -0.2) is 43.7 Å². The van der Waals surface area contributed by atoms with Gasteiger partial charge >= 0.3 is 5.97 Å². The first-order valence-electron chi connectivity index (χ1n) is 7.70. The summed E-state index contributed by atoms with van der Waals surface area (Å²) in [4.78, 5) is 29.9. The first kappa shape index (κ1) is 17.2. The van der Waals surface area contributed by atoms with Gasteiger partial charge in [0.1, 0.15) is 0 Å². The summed E-state index contributed by atoms with van der Waals surface area (Å²) in [5.74, 6) is -0.832. The largest absolute Gasteiger partial charge is 0.467 e. The summed E-state index contributed by atoms with van der Waals surface area (Å²) in [6.45, 7) is 3.78. The van der Waals surface area contributed by atoms with Crippen LogP contribution in [-0.2, 0) is 27.3 Å². The van der Waals surface area contributed by atoms with E-state index >= 15 is 0 Å². The van der Waals surface area contributed by atoms with Gasteiger partial charge in [0.2, 0.25) is 5.91 Å². The highest BCUT2D eigenvalue weighted by Crippen LogP contribution is 2.16. The highest BCUT2D eigenvalue weighted by atomic mass is 32.1. The molecule has 0 fully saturated rings. The van der Waals surface area contributed by atoms with E-state index in [9.17, 15) is 9.59 Å². The maximum atomic E-state index is 12.5. The molecule has 0 bridgehead atoms. The fourth-order valence-electron chi connectivity index (χ4n) is 2.64. The minimum Gasteiger partial charge on any atom is -0.467 e. The molecule has 3 aromatic rings. The predicted molar refractivity (Wildman–Crippen MR) is 92.3 cm³/mol. The fraction of sp³-hybridized carbons (Fsp3) is 0.375. The molecule has 132 valence electrons. The molecule has 3 aromatic heterocycles. The van der Waals surface area contributed by atoms with E-state index in [1.165, 1.54) is 18.4 Å². The van der Waals surface area contributed by atoms with E-state index in [-0.39, 0.29) is 18.9 Å². The third kappa shape index (κ3) is 3.55. The average Bonchev–Trinajstić information content (AvgIpc) is 3.26. The molecule has 1 atom stereocenters. The molecule has 9 heteroatoms. The maximum absolute atomic E-state index is 12.5. The van der Waals surface area contributed by atoms with Crippen molar-refractivity contribution in [1.29, 1.82) is 0 Å². The molecule has 0 aliphatic carbocycles. The van der Waals surface area contributed by atoms with Crippen LogP contribution in [0.15, 0.2) is 30.0 Å². The normalized spacial score (nSPS) is 13.6. The number of fused-ring (bicyclic) bond motifs is 1. The van der Waals surface area contributed by atoms with Gasteiger partial charge in [-0.15, -0.1) is 11.3 Å². The first-order valence-corrected chi connectivity index (χ1v) is 8.58. The topological polar surface area (TPSA) is 90.5 Å². The number of aromatic nitrogens is 4. The average molecular weight is 361 g/mol. The van der Waals surface area contributed by atoms with Gasteiger partial charge < -0.3 is 10.1 Å². The maximum Gasteiger partial charge on any atom is 0.333 e. The lowest BCUT2D eigenvalue weighted by Gasteiger charge is -2.27. The predicted octanol–water partition coefficient (Wildman–Crippen LogP) is 1.19. The van der Waals surface area contributed by atoms with Crippen LogP contribution in [0.1, 0.15) is 18.3 Å². The van der Waals surface area contributed by atoms with Crippen molar-refractivity contribution >= 4 is 28.2 Å². The molecule has 0 aliphatic rings. The molecule has 0 aliphatic heterocycles. The van der Waals surface area contributed by atoms with Crippen molar-refractivity contribution in [3.05, 3.63) is 41.4 Å². The minimum atomic E-state index is -1.22. The number of esters is 1. The van der Waals surface area contributed by atoms with Crippen LogP contribution >= 0.6 is 11.3 Å². The molecule has 1 unspecified atom stereocenters. The van der Waals surface area contributed by atoms with Gasteiger partial charge in [0, 0.05) is 29.7 Å². The third-order valence-corrected chi connectivity index (χ3v) is 4.83. The molecule has 0 spiro atoms. The number of carbonyl (C=O) groups is 2. The van der Waals surface area contributed by atoms with E-state index in [2.05, 4.69) is 15.4 Å². The Bertz CT molecular complexity index is 898.